The van der Waals surface area contributed by atoms with Crippen LogP contribution in [0.15, 0.2) is 29.2 Å². The van der Waals surface area contributed by atoms with Crippen molar-refractivity contribution in [3.05, 3.63) is 45.8 Å². The summed E-state index contributed by atoms with van der Waals surface area (Å²) in [6.45, 7) is 6.85. The maximum atomic E-state index is 13.1. The Morgan fingerprint density at radius 2 is 1.81 bits per heavy atom. The molecule has 2 heterocycles. The van der Waals surface area contributed by atoms with E-state index in [1.54, 1.807) is 0 Å². The Balaban J connectivity index is 1.85. The van der Waals surface area contributed by atoms with Crippen LogP contribution in [0.4, 0.5) is 9.80 Å². The third-order valence-corrected chi connectivity index (χ3v) is 9.19. The lowest BCUT2D eigenvalue weighted by molar-refractivity contribution is 0.0936. The molecule has 0 fully saturated rings. The quantitative estimate of drug-likeness (QED) is 0.462. The Morgan fingerprint density at radius 3 is 2.43 bits per heavy atom. The number of anilines is 1. The number of methoxy groups -OCH3 is 1. The van der Waals surface area contributed by atoms with Crippen LogP contribution in [0.2, 0.25) is 0 Å². The van der Waals surface area contributed by atoms with Gasteiger partial charge in [0.15, 0.2) is 0 Å². The first kappa shape index (κ1) is 28.8. The first-order valence-electron chi connectivity index (χ1n) is 12.3. The van der Waals surface area contributed by atoms with Crippen LogP contribution in [0.1, 0.15) is 64.3 Å². The molecule has 0 unspecified atom stereocenters. The monoisotopic (exact) mass is 550 g/mol. The Morgan fingerprint density at radius 1 is 1.11 bits per heavy atom. The highest BCUT2D eigenvalue weighted by atomic mass is 32.2. The van der Waals surface area contributed by atoms with Crippen molar-refractivity contribution >= 4 is 44.3 Å². The normalized spacial score (nSPS) is 13.8. The van der Waals surface area contributed by atoms with Gasteiger partial charge in [0.1, 0.15) is 5.00 Å². The number of alkyl carbamates (subject to hydrolysis) is 1. The Kier molecular flexibility index (Phi) is 9.82. The van der Waals surface area contributed by atoms with Gasteiger partial charge in [-0.25, -0.2) is 17.5 Å². The number of ether oxygens (including phenoxy) is 1. The maximum Gasteiger partial charge on any atom is 0.413 e. The number of hydrogen-bond acceptors (Lipinski definition) is 8. The van der Waals surface area contributed by atoms with Crippen LogP contribution >= 0.6 is 11.3 Å². The molecule has 0 aliphatic carbocycles. The Labute approximate surface area is 222 Å². The number of carbonyl (C=O) groups is 3. The second-order valence-electron chi connectivity index (χ2n) is 8.84. The van der Waals surface area contributed by atoms with E-state index in [2.05, 4.69) is 27.2 Å². The summed E-state index contributed by atoms with van der Waals surface area (Å²) in [5, 5.41) is 5.33. The van der Waals surface area contributed by atoms with E-state index in [1.807, 2.05) is 6.92 Å². The second-order valence-corrected chi connectivity index (χ2v) is 12.0. The average molecular weight is 551 g/mol. The van der Waals surface area contributed by atoms with E-state index in [0.29, 0.717) is 24.5 Å². The van der Waals surface area contributed by atoms with Gasteiger partial charge in [0.2, 0.25) is 10.0 Å². The summed E-state index contributed by atoms with van der Waals surface area (Å²) in [6.07, 6.45) is 2.36. The minimum Gasteiger partial charge on any atom is -0.453 e. The fraction of sp³-hybridized carbons (Fsp3) is 0.480. The van der Waals surface area contributed by atoms with Gasteiger partial charge in [0, 0.05) is 37.1 Å². The van der Waals surface area contributed by atoms with Crippen molar-refractivity contribution in [1.29, 1.82) is 0 Å². The molecule has 1 aliphatic heterocycles. The molecule has 3 amide bonds. The zero-order valence-corrected chi connectivity index (χ0v) is 23.3. The van der Waals surface area contributed by atoms with Gasteiger partial charge in [-0.1, -0.05) is 20.3 Å². The van der Waals surface area contributed by atoms with Crippen molar-refractivity contribution in [3.8, 4) is 0 Å². The third-order valence-electron chi connectivity index (χ3n) is 6.18. The molecule has 0 radical (unpaired) electrons. The number of imide groups is 1. The second kappa shape index (κ2) is 12.6. The van der Waals surface area contributed by atoms with E-state index in [-0.39, 0.29) is 16.0 Å². The van der Waals surface area contributed by atoms with Crippen LogP contribution < -0.4 is 10.6 Å². The van der Waals surface area contributed by atoms with E-state index in [0.717, 1.165) is 42.8 Å². The van der Waals surface area contributed by atoms with Gasteiger partial charge in [-0.3, -0.25) is 19.8 Å². The molecule has 1 aromatic heterocycles. The van der Waals surface area contributed by atoms with E-state index >= 15 is 0 Å². The molecular formula is C25H34N4O6S2. The minimum absolute atomic E-state index is 0.100. The van der Waals surface area contributed by atoms with Gasteiger partial charge in [-0.05, 0) is 55.6 Å². The largest absolute Gasteiger partial charge is 0.453 e. The molecule has 37 heavy (non-hydrogen) atoms. The van der Waals surface area contributed by atoms with Crippen molar-refractivity contribution in [2.45, 2.75) is 51.0 Å². The molecule has 0 saturated carbocycles. The summed E-state index contributed by atoms with van der Waals surface area (Å²) in [4.78, 5) is 41.1. The molecule has 1 aliphatic rings. The maximum absolute atomic E-state index is 13.1. The number of hydrogen-bond donors (Lipinski definition) is 2. The standard InChI is InChI=1S/C25H34N4O6S2/c1-5-7-14-28(3)37(33,34)18-10-8-17(9-11-18)22(30)26-24-21(23(31)27-25(32)35-4)19-12-15-29(13-6-2)16-20(19)36-24/h8-11H,5-7,12-16H2,1-4H3,(H,26,30)(H,27,31,32). The van der Waals surface area contributed by atoms with Crippen LogP contribution in [0.5, 0.6) is 0 Å². The van der Waals surface area contributed by atoms with Crippen molar-refractivity contribution < 1.29 is 27.5 Å². The predicted molar refractivity (Wildman–Crippen MR) is 143 cm³/mol. The van der Waals surface area contributed by atoms with Crippen LogP contribution in [-0.2, 0) is 27.7 Å². The van der Waals surface area contributed by atoms with Gasteiger partial charge < -0.3 is 10.1 Å². The number of sulfonamides is 1. The lowest BCUT2D eigenvalue weighted by Gasteiger charge is -2.26. The van der Waals surface area contributed by atoms with Crippen LogP contribution in [0.3, 0.4) is 0 Å². The molecule has 2 aromatic rings. The van der Waals surface area contributed by atoms with Crippen molar-refractivity contribution in [2.75, 3.05) is 39.1 Å². The van der Waals surface area contributed by atoms with Crippen molar-refractivity contribution in [3.63, 3.8) is 0 Å². The fourth-order valence-electron chi connectivity index (χ4n) is 4.13. The molecule has 1 aromatic carbocycles. The molecule has 2 N–H and O–H groups in total. The summed E-state index contributed by atoms with van der Waals surface area (Å²) >= 11 is 1.31. The molecule has 0 spiro atoms. The summed E-state index contributed by atoms with van der Waals surface area (Å²) in [5.74, 6) is -1.13. The number of fused-ring (bicyclic) bond motifs is 1. The third kappa shape index (κ3) is 6.75. The average Bonchev–Trinajstić information content (AvgIpc) is 3.24. The summed E-state index contributed by atoms with van der Waals surface area (Å²) < 4.78 is 31.4. The summed E-state index contributed by atoms with van der Waals surface area (Å²) in [5.41, 5.74) is 1.31. The van der Waals surface area contributed by atoms with E-state index < -0.39 is 27.9 Å². The first-order chi connectivity index (χ1) is 17.6. The Bertz CT molecular complexity index is 1240. The number of rotatable bonds is 10. The number of nitrogens with zero attached hydrogens (tertiary/aromatic N) is 2. The number of nitrogens with one attached hydrogen (secondary N) is 2. The van der Waals surface area contributed by atoms with E-state index in [4.69, 9.17) is 0 Å². The van der Waals surface area contributed by atoms with Crippen LogP contribution in [0.25, 0.3) is 0 Å². The van der Waals surface area contributed by atoms with Gasteiger partial charge >= 0.3 is 6.09 Å². The zero-order valence-electron chi connectivity index (χ0n) is 21.6. The fourth-order valence-corrected chi connectivity index (χ4v) is 6.62. The van der Waals surface area contributed by atoms with Crippen molar-refractivity contribution in [1.82, 2.24) is 14.5 Å². The molecule has 12 heteroatoms. The summed E-state index contributed by atoms with van der Waals surface area (Å²) in [6, 6.07) is 5.69. The SMILES string of the molecule is CCCCN(C)S(=O)(=O)c1ccc(C(=O)Nc2sc3c(c2C(=O)NC(=O)OC)CCN(CCC)C3)cc1. The number of benzene rings is 1. The minimum atomic E-state index is -3.65. The van der Waals surface area contributed by atoms with Crippen LogP contribution in [-0.4, -0.2) is 69.3 Å². The number of unbranched alkanes of at least 4 members (excludes halogenated alkanes) is 1. The lowest BCUT2D eigenvalue weighted by Crippen LogP contribution is -2.34. The molecule has 0 bridgehead atoms. The van der Waals surface area contributed by atoms with Crippen LogP contribution in [0, 0.1) is 0 Å². The van der Waals surface area contributed by atoms with E-state index in [1.165, 1.54) is 54.1 Å². The van der Waals surface area contributed by atoms with Gasteiger partial charge in [0.05, 0.1) is 17.6 Å². The number of amides is 3. The van der Waals surface area contributed by atoms with Gasteiger partial charge in [-0.15, -0.1) is 11.3 Å². The first-order valence-corrected chi connectivity index (χ1v) is 14.5. The highest BCUT2D eigenvalue weighted by Crippen LogP contribution is 2.37. The topological polar surface area (TPSA) is 125 Å². The smallest absolute Gasteiger partial charge is 0.413 e. The highest BCUT2D eigenvalue weighted by molar-refractivity contribution is 7.89. The molecule has 3 rings (SSSR count). The predicted octanol–water partition coefficient (Wildman–Crippen LogP) is 3.69. The Hall–Kier alpha value is -2.80. The molecule has 0 atom stereocenters. The van der Waals surface area contributed by atoms with Crippen molar-refractivity contribution in [2.24, 2.45) is 0 Å². The van der Waals surface area contributed by atoms with Gasteiger partial charge in [0.25, 0.3) is 11.8 Å². The highest BCUT2D eigenvalue weighted by Gasteiger charge is 2.30. The molecule has 0 saturated heterocycles. The lowest BCUT2D eigenvalue weighted by atomic mass is 10.0. The molecular weight excluding hydrogens is 516 g/mol. The zero-order chi connectivity index (χ0) is 27.2. The van der Waals surface area contributed by atoms with E-state index in [9.17, 15) is 22.8 Å². The summed E-state index contributed by atoms with van der Waals surface area (Å²) in [7, 11) is -0.951. The number of carbonyl (C=O) groups excluding carboxylic acids is 3. The van der Waals surface area contributed by atoms with Gasteiger partial charge in [-0.2, -0.15) is 0 Å². The molecule has 202 valence electrons. The molecule has 10 nitrogen and oxygen atoms in total. The number of thiophene rings is 1.